The standard InChI is InChI=1S/C16H19NO2/c1-12(2)17-14(9-11-16(18)19)8-10-15(17)13-6-4-3-5-7-13/h3-8,10,12H,9,11H2,1-2H3,(H,18,19)/p-1. The summed E-state index contributed by atoms with van der Waals surface area (Å²) in [6.45, 7) is 4.21. The Labute approximate surface area is 113 Å². The van der Waals surface area contributed by atoms with E-state index in [2.05, 4.69) is 36.6 Å². The molecule has 1 aromatic carbocycles. The first-order chi connectivity index (χ1) is 9.09. The second-order valence-electron chi connectivity index (χ2n) is 4.91. The van der Waals surface area contributed by atoms with Gasteiger partial charge < -0.3 is 14.5 Å². The van der Waals surface area contributed by atoms with E-state index < -0.39 is 5.97 Å². The first kappa shape index (κ1) is 13.4. The molecular formula is C16H18NO2-. The highest BCUT2D eigenvalue weighted by Crippen LogP contribution is 2.26. The van der Waals surface area contributed by atoms with Gasteiger partial charge in [0.2, 0.25) is 0 Å². The summed E-state index contributed by atoms with van der Waals surface area (Å²) in [7, 11) is 0. The maximum Gasteiger partial charge on any atom is 0.0484 e. The van der Waals surface area contributed by atoms with Crippen molar-refractivity contribution < 1.29 is 9.90 Å². The van der Waals surface area contributed by atoms with Gasteiger partial charge in [0, 0.05) is 23.4 Å². The molecule has 100 valence electrons. The maximum atomic E-state index is 10.6. The second kappa shape index (κ2) is 5.74. The van der Waals surface area contributed by atoms with Crippen molar-refractivity contribution in [2.45, 2.75) is 32.7 Å². The largest absolute Gasteiger partial charge is 0.550 e. The SMILES string of the molecule is CC(C)n1c(CCC(=O)[O-])ccc1-c1ccccc1. The number of carbonyl (C=O) groups excluding carboxylic acids is 1. The Bertz CT molecular complexity index is 555. The number of rotatable bonds is 5. The van der Waals surface area contributed by atoms with Gasteiger partial charge in [0.25, 0.3) is 0 Å². The molecule has 0 fully saturated rings. The van der Waals surface area contributed by atoms with E-state index in [-0.39, 0.29) is 6.42 Å². The number of benzene rings is 1. The lowest BCUT2D eigenvalue weighted by atomic mass is 10.1. The van der Waals surface area contributed by atoms with E-state index >= 15 is 0 Å². The third-order valence-corrected chi connectivity index (χ3v) is 3.17. The van der Waals surface area contributed by atoms with E-state index in [0.29, 0.717) is 12.5 Å². The molecule has 2 rings (SSSR count). The van der Waals surface area contributed by atoms with E-state index in [9.17, 15) is 9.90 Å². The van der Waals surface area contributed by atoms with Crippen LogP contribution >= 0.6 is 0 Å². The molecule has 0 spiro atoms. The molecule has 0 N–H and O–H groups in total. The molecule has 19 heavy (non-hydrogen) atoms. The first-order valence-corrected chi connectivity index (χ1v) is 6.55. The average Bonchev–Trinajstić information content (AvgIpc) is 2.81. The molecule has 0 bridgehead atoms. The Kier molecular flexibility index (Phi) is 4.05. The summed E-state index contributed by atoms with van der Waals surface area (Å²) in [4.78, 5) is 10.6. The molecular weight excluding hydrogens is 238 g/mol. The summed E-state index contributed by atoms with van der Waals surface area (Å²) < 4.78 is 2.19. The number of carboxylic acids is 1. The fourth-order valence-electron chi connectivity index (χ4n) is 2.38. The van der Waals surface area contributed by atoms with Crippen LogP contribution in [-0.2, 0) is 11.2 Å². The van der Waals surface area contributed by atoms with Gasteiger partial charge in [0.05, 0.1) is 0 Å². The third kappa shape index (κ3) is 3.05. The zero-order valence-corrected chi connectivity index (χ0v) is 11.3. The maximum absolute atomic E-state index is 10.6. The monoisotopic (exact) mass is 256 g/mol. The highest BCUT2D eigenvalue weighted by molar-refractivity contribution is 5.65. The normalized spacial score (nSPS) is 10.9. The summed E-state index contributed by atoms with van der Waals surface area (Å²) in [5.74, 6) is -1.00. The Balaban J connectivity index is 2.37. The molecule has 0 aliphatic heterocycles. The predicted molar refractivity (Wildman–Crippen MR) is 73.6 cm³/mol. The minimum atomic E-state index is -1.00. The Morgan fingerprint density at radius 3 is 2.42 bits per heavy atom. The quantitative estimate of drug-likeness (QED) is 0.824. The molecule has 0 aliphatic rings. The highest BCUT2D eigenvalue weighted by atomic mass is 16.4. The van der Waals surface area contributed by atoms with Gasteiger partial charge in [0.15, 0.2) is 0 Å². The van der Waals surface area contributed by atoms with Gasteiger partial charge >= 0.3 is 0 Å². The van der Waals surface area contributed by atoms with Crippen molar-refractivity contribution in [1.82, 2.24) is 4.57 Å². The fraction of sp³-hybridized carbons (Fsp3) is 0.312. The lowest BCUT2D eigenvalue weighted by Gasteiger charge is -2.17. The first-order valence-electron chi connectivity index (χ1n) is 6.55. The van der Waals surface area contributed by atoms with E-state index in [0.717, 1.165) is 17.0 Å². The molecule has 0 unspecified atom stereocenters. The number of hydrogen-bond donors (Lipinski definition) is 0. The molecule has 2 aromatic rings. The minimum absolute atomic E-state index is 0.0605. The number of hydrogen-bond acceptors (Lipinski definition) is 2. The van der Waals surface area contributed by atoms with Crippen molar-refractivity contribution >= 4 is 5.97 Å². The molecule has 0 saturated heterocycles. The Morgan fingerprint density at radius 1 is 1.16 bits per heavy atom. The highest BCUT2D eigenvalue weighted by Gasteiger charge is 2.12. The average molecular weight is 256 g/mol. The predicted octanol–water partition coefficient (Wildman–Crippen LogP) is 2.42. The van der Waals surface area contributed by atoms with E-state index in [1.165, 1.54) is 0 Å². The molecule has 1 heterocycles. The number of nitrogens with zero attached hydrogens (tertiary/aromatic N) is 1. The van der Waals surface area contributed by atoms with E-state index in [1.54, 1.807) is 0 Å². The van der Waals surface area contributed by atoms with Crippen LogP contribution in [0.5, 0.6) is 0 Å². The molecule has 3 heteroatoms. The third-order valence-electron chi connectivity index (χ3n) is 3.17. The lowest BCUT2D eigenvalue weighted by Crippen LogP contribution is -2.23. The number of aryl methyl sites for hydroxylation is 1. The van der Waals surface area contributed by atoms with Crippen LogP contribution in [0.3, 0.4) is 0 Å². The van der Waals surface area contributed by atoms with Crippen LogP contribution in [0.25, 0.3) is 11.3 Å². The lowest BCUT2D eigenvalue weighted by molar-refractivity contribution is -0.305. The molecule has 1 aromatic heterocycles. The van der Waals surface area contributed by atoms with Crippen molar-refractivity contribution in [3.63, 3.8) is 0 Å². The Hall–Kier alpha value is -2.03. The van der Waals surface area contributed by atoms with Crippen LogP contribution in [0.2, 0.25) is 0 Å². The topological polar surface area (TPSA) is 45.1 Å². The zero-order valence-electron chi connectivity index (χ0n) is 11.3. The molecule has 0 saturated carbocycles. The van der Waals surface area contributed by atoms with Crippen molar-refractivity contribution in [1.29, 1.82) is 0 Å². The molecule has 0 atom stereocenters. The summed E-state index contributed by atoms with van der Waals surface area (Å²) in [5, 5.41) is 10.6. The molecule has 0 radical (unpaired) electrons. The Morgan fingerprint density at radius 2 is 1.84 bits per heavy atom. The van der Waals surface area contributed by atoms with Crippen LogP contribution in [0.15, 0.2) is 42.5 Å². The van der Waals surface area contributed by atoms with Crippen LogP contribution in [0, 0.1) is 0 Å². The van der Waals surface area contributed by atoms with E-state index in [4.69, 9.17) is 0 Å². The molecule has 0 aliphatic carbocycles. The smallest absolute Gasteiger partial charge is 0.0484 e. The number of aromatic nitrogens is 1. The van der Waals surface area contributed by atoms with Crippen LogP contribution in [0.4, 0.5) is 0 Å². The number of aliphatic carboxylic acids is 1. The van der Waals surface area contributed by atoms with Gasteiger partial charge in [-0.1, -0.05) is 30.3 Å². The summed E-state index contributed by atoms with van der Waals surface area (Å²) >= 11 is 0. The van der Waals surface area contributed by atoms with Crippen LogP contribution < -0.4 is 5.11 Å². The molecule has 0 amide bonds. The second-order valence-corrected chi connectivity index (χ2v) is 4.91. The van der Waals surface area contributed by atoms with Gasteiger partial charge in [-0.25, -0.2) is 0 Å². The minimum Gasteiger partial charge on any atom is -0.550 e. The fourth-order valence-corrected chi connectivity index (χ4v) is 2.38. The van der Waals surface area contributed by atoms with Crippen LogP contribution in [-0.4, -0.2) is 10.5 Å². The van der Waals surface area contributed by atoms with Gasteiger partial charge in [-0.3, -0.25) is 0 Å². The van der Waals surface area contributed by atoms with Crippen molar-refractivity contribution in [3.05, 3.63) is 48.2 Å². The van der Waals surface area contributed by atoms with Crippen molar-refractivity contribution in [2.75, 3.05) is 0 Å². The van der Waals surface area contributed by atoms with Gasteiger partial charge in [0.1, 0.15) is 0 Å². The van der Waals surface area contributed by atoms with Crippen LogP contribution in [0.1, 0.15) is 32.0 Å². The van der Waals surface area contributed by atoms with Crippen molar-refractivity contribution in [3.8, 4) is 11.3 Å². The number of carbonyl (C=O) groups is 1. The van der Waals surface area contributed by atoms with E-state index in [1.807, 2.05) is 24.3 Å². The summed E-state index contributed by atoms with van der Waals surface area (Å²) in [6.07, 6.45) is 0.568. The molecule has 3 nitrogen and oxygen atoms in total. The summed E-state index contributed by atoms with van der Waals surface area (Å²) in [5.41, 5.74) is 3.32. The zero-order chi connectivity index (χ0) is 13.8. The van der Waals surface area contributed by atoms with Gasteiger partial charge in [-0.2, -0.15) is 0 Å². The van der Waals surface area contributed by atoms with Gasteiger partial charge in [-0.05, 0) is 44.4 Å². The summed E-state index contributed by atoms with van der Waals surface area (Å²) in [6, 6.07) is 14.5. The van der Waals surface area contributed by atoms with Crippen molar-refractivity contribution in [2.24, 2.45) is 0 Å². The van der Waals surface area contributed by atoms with Gasteiger partial charge in [-0.15, -0.1) is 0 Å². The number of carboxylic acid groups (broad SMARTS) is 1.